The van der Waals surface area contributed by atoms with Gasteiger partial charge in [0.2, 0.25) is 0 Å². The lowest BCUT2D eigenvalue weighted by Crippen LogP contribution is -1.96. The van der Waals surface area contributed by atoms with Gasteiger partial charge < -0.3 is 0 Å². The van der Waals surface area contributed by atoms with E-state index in [0.29, 0.717) is 21.4 Å². The molecule has 5 heteroatoms. The Morgan fingerprint density at radius 1 is 1.44 bits per heavy atom. The minimum atomic E-state index is -2.68. The van der Waals surface area contributed by atoms with Crippen molar-refractivity contribution < 1.29 is 11.5 Å². The summed E-state index contributed by atoms with van der Waals surface area (Å²) in [7, 11) is 0. The highest BCUT2D eigenvalue weighted by molar-refractivity contribution is 9.08. The van der Waals surface area contributed by atoms with E-state index in [9.17, 15) is 8.78 Å². The second-order valence-corrected chi connectivity index (χ2v) is 3.56. The van der Waals surface area contributed by atoms with Crippen LogP contribution in [0.2, 0.25) is 0 Å². The molecule has 0 saturated carbocycles. The first kappa shape index (κ1) is 8.87. The lowest BCUT2D eigenvalue weighted by molar-refractivity contribution is 0.0566. The third-order valence-corrected chi connectivity index (χ3v) is 2.56. The standard InChI is InChI=1S/C11H9BrF2N2/c12-5-8-2-1-3-9(4-8)10-6-15-16(7-10)11(13)14/h1-4,6-7,11H,5H2/i5D2. The van der Waals surface area contributed by atoms with Crippen LogP contribution in [0, 0.1) is 0 Å². The highest BCUT2D eigenvalue weighted by Crippen LogP contribution is 2.22. The van der Waals surface area contributed by atoms with Crippen molar-refractivity contribution in [3.63, 3.8) is 0 Å². The molecular formula is C11H9BrF2N2. The van der Waals surface area contributed by atoms with Crippen LogP contribution in [0.1, 0.15) is 14.9 Å². The summed E-state index contributed by atoms with van der Waals surface area (Å²) in [5.74, 6) is 0. The molecule has 0 fully saturated rings. The summed E-state index contributed by atoms with van der Waals surface area (Å²) in [4.78, 5) is 0. The summed E-state index contributed by atoms with van der Waals surface area (Å²) >= 11 is 2.91. The summed E-state index contributed by atoms with van der Waals surface area (Å²) in [6.07, 6.45) is 2.56. The highest BCUT2D eigenvalue weighted by atomic mass is 79.9. The van der Waals surface area contributed by atoms with Gasteiger partial charge in [0, 0.05) is 19.8 Å². The van der Waals surface area contributed by atoms with Gasteiger partial charge in [-0.2, -0.15) is 13.9 Å². The maximum absolute atomic E-state index is 12.4. The van der Waals surface area contributed by atoms with Crippen LogP contribution in [0.3, 0.4) is 0 Å². The third-order valence-electron chi connectivity index (χ3n) is 2.11. The van der Waals surface area contributed by atoms with Gasteiger partial charge in [0.25, 0.3) is 0 Å². The number of alkyl halides is 3. The normalized spacial score (nSPS) is 13.8. The SMILES string of the molecule is [2H]C([2H])(Br)c1cccc(-c2cnn(C(F)F)c2)c1. The van der Waals surface area contributed by atoms with E-state index in [-0.39, 0.29) is 0 Å². The summed E-state index contributed by atoms with van der Waals surface area (Å²) in [6, 6.07) is 6.61. The molecule has 0 saturated heterocycles. The molecule has 1 heterocycles. The topological polar surface area (TPSA) is 17.8 Å². The maximum atomic E-state index is 12.4. The number of hydrogen-bond donors (Lipinski definition) is 0. The molecule has 0 spiro atoms. The van der Waals surface area contributed by atoms with Gasteiger partial charge >= 0.3 is 6.55 Å². The first-order valence-electron chi connectivity index (χ1n) is 5.50. The van der Waals surface area contributed by atoms with E-state index in [1.165, 1.54) is 12.4 Å². The first-order chi connectivity index (χ1) is 8.38. The summed E-state index contributed by atoms with van der Waals surface area (Å²) < 4.78 is 40.5. The largest absolute Gasteiger partial charge is 0.333 e. The molecule has 0 radical (unpaired) electrons. The van der Waals surface area contributed by atoms with Crippen molar-refractivity contribution in [2.75, 3.05) is 0 Å². The van der Waals surface area contributed by atoms with Crippen molar-refractivity contribution in [2.24, 2.45) is 0 Å². The molecule has 1 aromatic carbocycles. The average Bonchev–Trinajstić information content (AvgIpc) is 2.77. The molecule has 16 heavy (non-hydrogen) atoms. The Labute approximate surface area is 103 Å². The molecule has 84 valence electrons. The smallest absolute Gasteiger partial charge is 0.211 e. The fraction of sp³-hybridized carbons (Fsp3) is 0.182. The minimum Gasteiger partial charge on any atom is -0.211 e. The zero-order valence-electron chi connectivity index (χ0n) is 10.1. The monoisotopic (exact) mass is 288 g/mol. The van der Waals surface area contributed by atoms with Crippen LogP contribution in [0.4, 0.5) is 8.78 Å². The van der Waals surface area contributed by atoms with Crippen molar-refractivity contribution >= 4 is 15.9 Å². The van der Waals surface area contributed by atoms with Crippen LogP contribution in [0.5, 0.6) is 0 Å². The lowest BCUT2D eigenvalue weighted by atomic mass is 10.1. The van der Waals surface area contributed by atoms with Crippen LogP contribution < -0.4 is 0 Å². The van der Waals surface area contributed by atoms with E-state index in [1.807, 2.05) is 0 Å². The van der Waals surface area contributed by atoms with Crippen molar-refractivity contribution in [1.82, 2.24) is 9.78 Å². The Bertz CT molecular complexity index is 552. The predicted octanol–water partition coefficient (Wildman–Crippen LogP) is 3.84. The highest BCUT2D eigenvalue weighted by Gasteiger charge is 2.08. The molecule has 0 bridgehead atoms. The van der Waals surface area contributed by atoms with Crippen LogP contribution in [0.15, 0.2) is 36.7 Å². The molecule has 0 aliphatic heterocycles. The van der Waals surface area contributed by atoms with Crippen LogP contribution >= 0.6 is 15.9 Å². The molecule has 2 nitrogen and oxygen atoms in total. The molecule has 0 aliphatic carbocycles. The van der Waals surface area contributed by atoms with Gasteiger partial charge in [-0.15, -0.1) is 0 Å². The molecule has 2 aromatic rings. The Hall–Kier alpha value is -1.23. The number of nitrogens with zero attached hydrogens (tertiary/aromatic N) is 2. The predicted molar refractivity (Wildman–Crippen MR) is 61.5 cm³/mol. The number of hydrogen-bond acceptors (Lipinski definition) is 1. The van der Waals surface area contributed by atoms with Gasteiger partial charge in [0.1, 0.15) is 0 Å². The fourth-order valence-corrected chi connectivity index (χ4v) is 1.60. The van der Waals surface area contributed by atoms with E-state index in [4.69, 9.17) is 2.74 Å². The number of rotatable bonds is 3. The van der Waals surface area contributed by atoms with E-state index < -0.39 is 11.8 Å². The van der Waals surface area contributed by atoms with Crippen LogP contribution in [-0.4, -0.2) is 9.78 Å². The van der Waals surface area contributed by atoms with Crippen molar-refractivity contribution in [3.05, 3.63) is 42.2 Å². The van der Waals surface area contributed by atoms with Gasteiger partial charge in [0.15, 0.2) is 0 Å². The van der Waals surface area contributed by atoms with Gasteiger partial charge in [-0.05, 0) is 11.1 Å². The molecule has 0 atom stereocenters. The van der Waals surface area contributed by atoms with E-state index in [2.05, 4.69) is 21.0 Å². The Balaban J connectivity index is 2.38. The Morgan fingerprint density at radius 3 is 2.88 bits per heavy atom. The molecule has 0 aliphatic rings. The molecule has 0 N–H and O–H groups in total. The van der Waals surface area contributed by atoms with Gasteiger partial charge in [-0.25, -0.2) is 4.68 Å². The van der Waals surface area contributed by atoms with Crippen molar-refractivity contribution in [3.8, 4) is 11.1 Å². The Kier molecular flexibility index (Phi) is 2.63. The molecular weight excluding hydrogens is 278 g/mol. The van der Waals surface area contributed by atoms with E-state index in [1.54, 1.807) is 24.3 Å². The molecule has 2 rings (SSSR count). The Morgan fingerprint density at radius 2 is 2.25 bits per heavy atom. The summed E-state index contributed by atoms with van der Waals surface area (Å²) in [5, 5.41) is 1.89. The molecule has 0 amide bonds. The van der Waals surface area contributed by atoms with Crippen molar-refractivity contribution in [2.45, 2.75) is 11.8 Å². The molecule has 0 unspecified atom stereocenters. The summed E-state index contributed by atoms with van der Waals surface area (Å²) in [5.41, 5.74) is 1.58. The van der Waals surface area contributed by atoms with Crippen LogP contribution in [0.25, 0.3) is 11.1 Å². The second kappa shape index (κ2) is 4.74. The maximum Gasteiger partial charge on any atom is 0.333 e. The minimum absolute atomic E-state index is 0.421. The zero-order valence-corrected chi connectivity index (χ0v) is 9.66. The second-order valence-electron chi connectivity index (χ2n) is 3.16. The van der Waals surface area contributed by atoms with Gasteiger partial charge in [-0.3, -0.25) is 0 Å². The summed E-state index contributed by atoms with van der Waals surface area (Å²) in [6.45, 7) is -2.68. The van der Waals surface area contributed by atoms with Gasteiger partial charge in [-0.1, -0.05) is 40.2 Å². The van der Waals surface area contributed by atoms with Gasteiger partial charge in [0.05, 0.1) is 6.20 Å². The fourth-order valence-electron chi connectivity index (χ4n) is 1.35. The first-order valence-corrected chi connectivity index (χ1v) is 5.29. The van der Waals surface area contributed by atoms with E-state index >= 15 is 0 Å². The number of halogens is 3. The lowest BCUT2D eigenvalue weighted by Gasteiger charge is -2.00. The van der Waals surface area contributed by atoms with E-state index in [0.717, 1.165) is 0 Å². The zero-order chi connectivity index (χ0) is 13.3. The number of benzene rings is 1. The van der Waals surface area contributed by atoms with Crippen molar-refractivity contribution in [1.29, 1.82) is 0 Å². The molecule has 1 aromatic heterocycles. The number of aromatic nitrogens is 2. The average molecular weight is 289 g/mol. The third kappa shape index (κ3) is 2.29. The van der Waals surface area contributed by atoms with Crippen LogP contribution in [-0.2, 0) is 5.28 Å². The quantitative estimate of drug-likeness (QED) is 0.785.